The summed E-state index contributed by atoms with van der Waals surface area (Å²) < 4.78 is 28.0. The number of piperidine rings is 1. The molecule has 3 aromatic rings. The summed E-state index contributed by atoms with van der Waals surface area (Å²) in [5.41, 5.74) is 3.32. The Labute approximate surface area is 221 Å². The number of hydrogen-bond donors (Lipinski definition) is 1. The minimum atomic E-state index is -3.73. The van der Waals surface area contributed by atoms with E-state index in [0.717, 1.165) is 31.5 Å². The summed E-state index contributed by atoms with van der Waals surface area (Å²) in [4.78, 5) is 15.6. The van der Waals surface area contributed by atoms with Gasteiger partial charge >= 0.3 is 0 Å². The van der Waals surface area contributed by atoms with Crippen LogP contribution in [0.2, 0.25) is 10.0 Å². The maximum Gasteiger partial charge on any atom is 0.264 e. The number of halogens is 2. The predicted octanol–water partition coefficient (Wildman–Crippen LogP) is 5.60. The fraction of sp³-hybridized carbons (Fsp3) is 0.296. The number of nitrogens with zero attached hydrogens (tertiary/aromatic N) is 2. The largest absolute Gasteiger partial charge is 0.326 e. The lowest BCUT2D eigenvalue weighted by Gasteiger charge is -2.32. The fourth-order valence-electron chi connectivity index (χ4n) is 4.92. The minimum Gasteiger partial charge on any atom is -0.326 e. The molecule has 0 saturated carbocycles. The van der Waals surface area contributed by atoms with E-state index in [1.807, 2.05) is 36.4 Å². The molecule has 6 nitrogen and oxygen atoms in total. The quantitative estimate of drug-likeness (QED) is 0.439. The van der Waals surface area contributed by atoms with Crippen LogP contribution in [0, 0.1) is 5.92 Å². The van der Waals surface area contributed by atoms with E-state index in [4.69, 9.17) is 23.2 Å². The second-order valence-electron chi connectivity index (χ2n) is 9.31. The highest BCUT2D eigenvalue weighted by molar-refractivity contribution is 7.92. The van der Waals surface area contributed by atoms with Crippen molar-refractivity contribution in [3.63, 3.8) is 0 Å². The third-order valence-electron chi connectivity index (χ3n) is 6.80. The van der Waals surface area contributed by atoms with E-state index in [1.165, 1.54) is 22.0 Å². The highest BCUT2D eigenvalue weighted by Gasteiger charge is 2.32. The summed E-state index contributed by atoms with van der Waals surface area (Å²) in [6, 6.07) is 19.5. The van der Waals surface area contributed by atoms with Gasteiger partial charge in [-0.15, -0.1) is 0 Å². The van der Waals surface area contributed by atoms with E-state index in [0.29, 0.717) is 40.9 Å². The lowest BCUT2D eigenvalue weighted by molar-refractivity contribution is -0.121. The Balaban J connectivity index is 1.28. The normalized spacial score (nSPS) is 18.2. The standard InChI is InChI=1S/C27H27Cl2N3O3S/c28-22-6-3-19(4-7-22)17-31-14-1-2-21(18-31)27(33)30-24-10-5-20-13-15-32(26(20)16-24)36(34,35)25-11-8-23(29)9-12-25/h3-12,16,21H,1-2,13-15,17-18H2,(H,30,33)/t21-/m0/s1. The number of carbonyl (C=O) groups is 1. The van der Waals surface area contributed by atoms with Crippen LogP contribution in [0.5, 0.6) is 0 Å². The van der Waals surface area contributed by atoms with Crippen molar-refractivity contribution < 1.29 is 13.2 Å². The number of nitrogens with one attached hydrogen (secondary N) is 1. The molecule has 1 atom stereocenters. The highest BCUT2D eigenvalue weighted by atomic mass is 35.5. The van der Waals surface area contributed by atoms with E-state index in [1.54, 1.807) is 18.2 Å². The average Bonchev–Trinajstić information content (AvgIpc) is 3.30. The maximum atomic E-state index is 13.3. The molecule has 1 amide bonds. The first-order valence-corrected chi connectivity index (χ1v) is 14.2. The molecule has 0 bridgehead atoms. The van der Waals surface area contributed by atoms with E-state index in [9.17, 15) is 13.2 Å². The van der Waals surface area contributed by atoms with Gasteiger partial charge in [-0.25, -0.2) is 8.42 Å². The van der Waals surface area contributed by atoms with Crippen molar-refractivity contribution in [2.75, 3.05) is 29.3 Å². The van der Waals surface area contributed by atoms with Crippen molar-refractivity contribution in [1.29, 1.82) is 0 Å². The molecular weight excluding hydrogens is 517 g/mol. The molecule has 0 aliphatic carbocycles. The van der Waals surface area contributed by atoms with Gasteiger partial charge in [-0.2, -0.15) is 0 Å². The number of likely N-dealkylation sites (tertiary alicyclic amines) is 1. The van der Waals surface area contributed by atoms with Crippen molar-refractivity contribution in [3.05, 3.63) is 87.9 Å². The van der Waals surface area contributed by atoms with E-state index >= 15 is 0 Å². The zero-order valence-electron chi connectivity index (χ0n) is 19.7. The van der Waals surface area contributed by atoms with E-state index in [-0.39, 0.29) is 16.7 Å². The molecule has 0 spiro atoms. The topological polar surface area (TPSA) is 69.7 Å². The summed E-state index contributed by atoms with van der Waals surface area (Å²) in [7, 11) is -3.73. The molecule has 2 aliphatic heterocycles. The Bertz CT molecular complexity index is 1360. The molecule has 1 N–H and O–H groups in total. The number of benzene rings is 3. The second kappa shape index (κ2) is 10.4. The van der Waals surface area contributed by atoms with Crippen molar-refractivity contribution in [2.24, 2.45) is 5.92 Å². The van der Waals surface area contributed by atoms with Crippen LogP contribution in [-0.2, 0) is 27.8 Å². The lowest BCUT2D eigenvalue weighted by Crippen LogP contribution is -2.40. The third-order valence-corrected chi connectivity index (χ3v) is 9.13. The minimum absolute atomic E-state index is 0.0409. The Kier molecular flexibility index (Phi) is 7.26. The second-order valence-corrected chi connectivity index (χ2v) is 12.0. The predicted molar refractivity (Wildman–Crippen MR) is 144 cm³/mol. The first kappa shape index (κ1) is 25.1. The Morgan fingerprint density at radius 3 is 2.36 bits per heavy atom. The average molecular weight is 545 g/mol. The van der Waals surface area contributed by atoms with Crippen LogP contribution in [0.25, 0.3) is 0 Å². The lowest BCUT2D eigenvalue weighted by atomic mass is 9.96. The van der Waals surface area contributed by atoms with Gasteiger partial charge in [-0.05, 0) is 85.5 Å². The molecule has 5 rings (SSSR count). The molecule has 3 aromatic carbocycles. The van der Waals surface area contributed by atoms with Crippen molar-refractivity contribution in [3.8, 4) is 0 Å². The van der Waals surface area contributed by atoms with Gasteiger partial charge in [-0.1, -0.05) is 41.4 Å². The Morgan fingerprint density at radius 2 is 1.64 bits per heavy atom. The van der Waals surface area contributed by atoms with Gasteiger partial charge in [-0.3, -0.25) is 14.0 Å². The molecule has 9 heteroatoms. The molecule has 2 heterocycles. The van der Waals surface area contributed by atoms with E-state index in [2.05, 4.69) is 10.2 Å². The van der Waals surface area contributed by atoms with Gasteiger partial charge in [0.15, 0.2) is 0 Å². The van der Waals surface area contributed by atoms with Crippen molar-refractivity contribution in [1.82, 2.24) is 4.90 Å². The van der Waals surface area contributed by atoms with Crippen LogP contribution in [0.1, 0.15) is 24.0 Å². The van der Waals surface area contributed by atoms with Gasteiger partial charge in [0.1, 0.15) is 0 Å². The molecule has 0 radical (unpaired) electrons. The van der Waals surface area contributed by atoms with Gasteiger partial charge in [0.25, 0.3) is 10.0 Å². The smallest absolute Gasteiger partial charge is 0.264 e. The van der Waals surface area contributed by atoms with Crippen molar-refractivity contribution >= 4 is 50.5 Å². The van der Waals surface area contributed by atoms with Gasteiger partial charge in [0.2, 0.25) is 5.91 Å². The zero-order valence-corrected chi connectivity index (χ0v) is 22.0. The number of rotatable bonds is 6. The van der Waals surface area contributed by atoms with Gasteiger partial charge in [0.05, 0.1) is 16.5 Å². The number of fused-ring (bicyclic) bond motifs is 1. The monoisotopic (exact) mass is 543 g/mol. The number of amides is 1. The Morgan fingerprint density at radius 1 is 0.944 bits per heavy atom. The zero-order chi connectivity index (χ0) is 25.3. The van der Waals surface area contributed by atoms with Gasteiger partial charge < -0.3 is 5.32 Å². The van der Waals surface area contributed by atoms with Crippen LogP contribution >= 0.6 is 23.2 Å². The molecule has 1 saturated heterocycles. The summed E-state index contributed by atoms with van der Waals surface area (Å²) >= 11 is 11.9. The SMILES string of the molecule is O=C(Nc1ccc2c(c1)N(S(=O)(=O)c1ccc(Cl)cc1)CC2)[C@H]1CCCN(Cc2ccc(Cl)cc2)C1. The van der Waals surface area contributed by atoms with Crippen LogP contribution in [-0.4, -0.2) is 38.9 Å². The van der Waals surface area contributed by atoms with Gasteiger partial charge in [0, 0.05) is 35.4 Å². The molecule has 0 unspecified atom stereocenters. The fourth-order valence-corrected chi connectivity index (χ4v) is 6.66. The third kappa shape index (κ3) is 5.39. The molecule has 1 fully saturated rings. The molecule has 0 aromatic heterocycles. The van der Waals surface area contributed by atoms with Crippen molar-refractivity contribution in [2.45, 2.75) is 30.7 Å². The first-order chi connectivity index (χ1) is 17.3. The summed E-state index contributed by atoms with van der Waals surface area (Å²) in [6.07, 6.45) is 2.40. The van der Waals surface area contributed by atoms with E-state index < -0.39 is 10.0 Å². The molecular formula is C27H27Cl2N3O3S. The maximum absolute atomic E-state index is 13.3. The van der Waals surface area contributed by atoms with Crippen LogP contribution in [0.4, 0.5) is 11.4 Å². The molecule has 188 valence electrons. The van der Waals surface area contributed by atoms with Crippen LogP contribution in [0.3, 0.4) is 0 Å². The van der Waals surface area contributed by atoms with Crippen LogP contribution in [0.15, 0.2) is 71.6 Å². The van der Waals surface area contributed by atoms with Crippen LogP contribution < -0.4 is 9.62 Å². The number of anilines is 2. The molecule has 2 aliphatic rings. The first-order valence-electron chi connectivity index (χ1n) is 12.0. The number of carbonyl (C=O) groups excluding carboxylic acids is 1. The Hall–Kier alpha value is -2.58. The summed E-state index contributed by atoms with van der Waals surface area (Å²) in [5.74, 6) is -0.172. The summed E-state index contributed by atoms with van der Waals surface area (Å²) in [5, 5.41) is 4.22. The molecule has 36 heavy (non-hydrogen) atoms. The number of sulfonamides is 1. The number of hydrogen-bond acceptors (Lipinski definition) is 4. The highest BCUT2D eigenvalue weighted by Crippen LogP contribution is 2.35. The summed E-state index contributed by atoms with van der Waals surface area (Å²) in [6.45, 7) is 2.76.